The lowest BCUT2D eigenvalue weighted by Crippen LogP contribution is -2.11. The van der Waals surface area contributed by atoms with E-state index in [1.807, 2.05) is 24.3 Å². The number of anilines is 2. The molecule has 17 heavy (non-hydrogen) atoms. The molecule has 1 heterocycles. The Bertz CT molecular complexity index is 481. The minimum absolute atomic E-state index is 0.0344. The molecule has 2 aromatic rings. The predicted octanol–water partition coefficient (Wildman–Crippen LogP) is 1.69. The molecule has 0 saturated heterocycles. The molecule has 5 nitrogen and oxygen atoms in total. The molecule has 0 bridgehead atoms. The first-order valence-electron chi connectivity index (χ1n) is 5.15. The minimum atomic E-state index is -0.0344. The van der Waals surface area contributed by atoms with Gasteiger partial charge in [-0.05, 0) is 24.1 Å². The number of carbonyl (C=O) groups excluding carboxylic acids is 1. The van der Waals surface area contributed by atoms with E-state index < -0.39 is 0 Å². The van der Waals surface area contributed by atoms with Gasteiger partial charge in [-0.3, -0.25) is 4.79 Å². The van der Waals surface area contributed by atoms with Crippen molar-refractivity contribution in [2.45, 2.75) is 12.8 Å². The Labute approximate surface area is 103 Å². The van der Waals surface area contributed by atoms with Gasteiger partial charge >= 0.3 is 0 Å². The van der Waals surface area contributed by atoms with Crippen molar-refractivity contribution in [3.8, 4) is 0 Å². The van der Waals surface area contributed by atoms with E-state index in [2.05, 4.69) is 14.9 Å². The van der Waals surface area contributed by atoms with Crippen LogP contribution in [0.4, 0.5) is 10.7 Å². The number of hydrogen-bond donors (Lipinski definition) is 2. The maximum atomic E-state index is 11.6. The van der Waals surface area contributed by atoms with E-state index in [1.165, 1.54) is 17.7 Å². The summed E-state index contributed by atoms with van der Waals surface area (Å²) >= 11 is 1.17. The highest BCUT2D eigenvalue weighted by Gasteiger charge is 2.04. The summed E-state index contributed by atoms with van der Waals surface area (Å²) in [5.74, 6) is -0.0344. The van der Waals surface area contributed by atoms with Crippen LogP contribution in [0.1, 0.15) is 12.0 Å². The zero-order valence-corrected chi connectivity index (χ0v) is 9.91. The van der Waals surface area contributed by atoms with Crippen LogP contribution < -0.4 is 11.1 Å². The lowest BCUT2D eigenvalue weighted by atomic mass is 10.1. The molecule has 0 atom stereocenters. The average Bonchev–Trinajstić information content (AvgIpc) is 2.81. The third kappa shape index (κ3) is 3.53. The Balaban J connectivity index is 1.82. The molecule has 3 N–H and O–H groups in total. The van der Waals surface area contributed by atoms with Gasteiger partial charge < -0.3 is 11.1 Å². The third-order valence-corrected chi connectivity index (χ3v) is 2.82. The van der Waals surface area contributed by atoms with Crippen molar-refractivity contribution in [1.29, 1.82) is 0 Å². The van der Waals surface area contributed by atoms with Crippen molar-refractivity contribution in [2.24, 2.45) is 0 Å². The number of amides is 1. The summed E-state index contributed by atoms with van der Waals surface area (Å²) in [5, 5.41) is 7.05. The van der Waals surface area contributed by atoms with E-state index in [0.717, 1.165) is 11.3 Å². The monoisotopic (exact) mass is 248 g/mol. The molecular weight excluding hydrogens is 236 g/mol. The van der Waals surface area contributed by atoms with Gasteiger partial charge in [0, 0.05) is 23.6 Å². The minimum Gasteiger partial charge on any atom is -0.399 e. The van der Waals surface area contributed by atoms with Crippen LogP contribution >= 0.6 is 11.5 Å². The molecule has 6 heteroatoms. The summed E-state index contributed by atoms with van der Waals surface area (Å²) in [7, 11) is 0. The highest BCUT2D eigenvalue weighted by atomic mass is 32.1. The molecule has 0 saturated carbocycles. The van der Waals surface area contributed by atoms with Crippen molar-refractivity contribution in [3.05, 3.63) is 36.0 Å². The van der Waals surface area contributed by atoms with E-state index in [1.54, 1.807) is 0 Å². The van der Waals surface area contributed by atoms with Crippen molar-refractivity contribution in [2.75, 3.05) is 11.1 Å². The number of aryl methyl sites for hydroxylation is 1. The van der Waals surface area contributed by atoms with Crippen LogP contribution in [0.5, 0.6) is 0 Å². The summed E-state index contributed by atoms with van der Waals surface area (Å²) in [6.07, 6.45) is 2.66. The molecular formula is C11H12N4OS. The quantitative estimate of drug-likeness (QED) is 0.807. The second-order valence-electron chi connectivity index (χ2n) is 3.57. The molecule has 1 amide bonds. The van der Waals surface area contributed by atoms with Crippen molar-refractivity contribution >= 4 is 28.1 Å². The normalized spacial score (nSPS) is 10.1. The Kier molecular flexibility index (Phi) is 3.66. The lowest BCUT2D eigenvalue weighted by molar-refractivity contribution is -0.116. The Morgan fingerprint density at radius 1 is 1.35 bits per heavy atom. The van der Waals surface area contributed by atoms with Crippen LogP contribution in [0.15, 0.2) is 30.5 Å². The zero-order valence-electron chi connectivity index (χ0n) is 9.09. The van der Waals surface area contributed by atoms with Gasteiger partial charge in [0.25, 0.3) is 0 Å². The fraction of sp³-hybridized carbons (Fsp3) is 0.182. The number of rotatable bonds is 4. The molecule has 2 rings (SSSR count). The second-order valence-corrected chi connectivity index (χ2v) is 4.36. The van der Waals surface area contributed by atoms with Gasteiger partial charge in [0.1, 0.15) is 5.00 Å². The van der Waals surface area contributed by atoms with Crippen LogP contribution in [0, 0.1) is 0 Å². The van der Waals surface area contributed by atoms with Gasteiger partial charge in [0.05, 0.1) is 6.20 Å². The largest absolute Gasteiger partial charge is 0.399 e. The summed E-state index contributed by atoms with van der Waals surface area (Å²) in [6.45, 7) is 0. The van der Waals surface area contributed by atoms with E-state index in [-0.39, 0.29) is 5.91 Å². The first-order chi connectivity index (χ1) is 8.24. The van der Waals surface area contributed by atoms with Gasteiger partial charge in [-0.25, -0.2) is 0 Å². The Hall–Kier alpha value is -1.95. The van der Waals surface area contributed by atoms with Crippen LogP contribution in [0.2, 0.25) is 0 Å². The van der Waals surface area contributed by atoms with Gasteiger partial charge in [-0.1, -0.05) is 16.6 Å². The van der Waals surface area contributed by atoms with Crippen molar-refractivity contribution in [3.63, 3.8) is 0 Å². The van der Waals surface area contributed by atoms with Crippen LogP contribution in [0.3, 0.4) is 0 Å². The van der Waals surface area contributed by atoms with Gasteiger partial charge in [0.15, 0.2) is 0 Å². The van der Waals surface area contributed by atoms with Gasteiger partial charge in [-0.2, -0.15) is 0 Å². The third-order valence-electron chi connectivity index (χ3n) is 2.24. The number of nitrogens with zero attached hydrogens (tertiary/aromatic N) is 2. The molecule has 0 spiro atoms. The summed E-state index contributed by atoms with van der Waals surface area (Å²) in [5.41, 5.74) is 7.41. The summed E-state index contributed by atoms with van der Waals surface area (Å²) < 4.78 is 3.67. The second kappa shape index (κ2) is 5.40. The average molecular weight is 248 g/mol. The van der Waals surface area contributed by atoms with Crippen molar-refractivity contribution in [1.82, 2.24) is 9.59 Å². The summed E-state index contributed by atoms with van der Waals surface area (Å²) in [6, 6.07) is 7.52. The molecule has 0 aliphatic rings. The molecule has 0 unspecified atom stereocenters. The number of aromatic nitrogens is 2. The fourth-order valence-corrected chi connectivity index (χ4v) is 1.80. The maximum Gasteiger partial charge on any atom is 0.225 e. The molecule has 0 radical (unpaired) electrons. The lowest BCUT2D eigenvalue weighted by Gasteiger charge is -2.02. The van der Waals surface area contributed by atoms with Gasteiger partial charge in [0.2, 0.25) is 5.91 Å². The number of nitrogens with two attached hydrogens (primary N) is 1. The van der Waals surface area contributed by atoms with Gasteiger partial charge in [-0.15, -0.1) is 5.10 Å². The zero-order chi connectivity index (χ0) is 12.1. The highest BCUT2D eigenvalue weighted by molar-refractivity contribution is 7.10. The Morgan fingerprint density at radius 3 is 2.76 bits per heavy atom. The SMILES string of the molecule is Nc1ccc(CCC(=O)Nc2cnns2)cc1. The van der Waals surface area contributed by atoms with E-state index >= 15 is 0 Å². The number of nitrogens with one attached hydrogen (secondary N) is 1. The fourth-order valence-electron chi connectivity index (χ4n) is 1.36. The first kappa shape index (κ1) is 11.5. The summed E-state index contributed by atoms with van der Waals surface area (Å²) in [4.78, 5) is 11.6. The molecule has 0 fully saturated rings. The number of carbonyl (C=O) groups is 1. The molecule has 1 aromatic heterocycles. The van der Waals surface area contributed by atoms with Crippen LogP contribution in [-0.2, 0) is 11.2 Å². The smallest absolute Gasteiger partial charge is 0.225 e. The first-order valence-corrected chi connectivity index (χ1v) is 5.93. The molecule has 88 valence electrons. The van der Waals surface area contributed by atoms with Crippen LogP contribution in [0.25, 0.3) is 0 Å². The number of hydrogen-bond acceptors (Lipinski definition) is 5. The molecule has 1 aromatic carbocycles. The topological polar surface area (TPSA) is 80.9 Å². The predicted molar refractivity (Wildman–Crippen MR) is 67.7 cm³/mol. The molecule has 0 aliphatic heterocycles. The van der Waals surface area contributed by atoms with Crippen molar-refractivity contribution < 1.29 is 4.79 Å². The number of benzene rings is 1. The van der Waals surface area contributed by atoms with E-state index in [4.69, 9.17) is 5.73 Å². The van der Waals surface area contributed by atoms with E-state index in [0.29, 0.717) is 17.8 Å². The number of nitrogen functional groups attached to an aromatic ring is 1. The molecule has 0 aliphatic carbocycles. The van der Waals surface area contributed by atoms with Crippen LogP contribution in [-0.4, -0.2) is 15.5 Å². The van der Waals surface area contributed by atoms with E-state index in [9.17, 15) is 4.79 Å². The highest BCUT2D eigenvalue weighted by Crippen LogP contribution is 2.11. The maximum absolute atomic E-state index is 11.6. The standard InChI is InChI=1S/C11H12N4OS/c12-9-4-1-8(2-5-9)3-6-10(16)14-11-7-13-15-17-11/h1-2,4-5,7H,3,6,12H2,(H,14,16). The Morgan fingerprint density at radius 2 is 2.12 bits per heavy atom.